The Kier molecular flexibility index (Phi) is 4.14. The number of rotatable bonds is 5. The fraction of sp³-hybridized carbons (Fsp3) is 0.667. The third-order valence-corrected chi connectivity index (χ3v) is 3.36. The summed E-state index contributed by atoms with van der Waals surface area (Å²) in [6.45, 7) is 1.68. The lowest BCUT2D eigenvalue weighted by atomic mass is 9.86. The Morgan fingerprint density at radius 2 is 2.41 bits per heavy atom. The summed E-state index contributed by atoms with van der Waals surface area (Å²) in [6, 6.07) is 2.25. The van der Waals surface area contributed by atoms with Crippen LogP contribution >= 0.6 is 0 Å². The molecule has 2 rings (SSSR count). The van der Waals surface area contributed by atoms with Gasteiger partial charge in [-0.3, -0.25) is 9.48 Å². The van der Waals surface area contributed by atoms with Crippen molar-refractivity contribution in [1.29, 1.82) is 0 Å². The van der Waals surface area contributed by atoms with E-state index in [-0.39, 0.29) is 5.92 Å². The second kappa shape index (κ2) is 5.82. The molecular weight excluding hydrogens is 218 g/mol. The van der Waals surface area contributed by atoms with Crippen molar-refractivity contribution in [2.45, 2.75) is 38.3 Å². The van der Waals surface area contributed by atoms with Crippen LogP contribution in [-0.2, 0) is 11.3 Å². The lowest BCUT2D eigenvalue weighted by Gasteiger charge is -2.27. The largest absolute Gasteiger partial charge is 0.481 e. The summed E-state index contributed by atoms with van der Waals surface area (Å²) in [6.07, 6.45) is 7.38. The molecule has 5 heteroatoms. The molecule has 0 aliphatic heterocycles. The summed E-state index contributed by atoms with van der Waals surface area (Å²) >= 11 is 0. The molecule has 2 N–H and O–H groups in total. The van der Waals surface area contributed by atoms with Gasteiger partial charge in [0.15, 0.2) is 0 Å². The van der Waals surface area contributed by atoms with Crippen LogP contribution < -0.4 is 5.32 Å². The molecular formula is C12H19N3O2. The van der Waals surface area contributed by atoms with E-state index in [9.17, 15) is 4.79 Å². The minimum atomic E-state index is -0.649. The summed E-state index contributed by atoms with van der Waals surface area (Å²) in [5, 5.41) is 16.5. The van der Waals surface area contributed by atoms with Gasteiger partial charge in [-0.2, -0.15) is 5.10 Å². The molecule has 2 unspecified atom stereocenters. The van der Waals surface area contributed by atoms with Gasteiger partial charge in [-0.25, -0.2) is 0 Å². The maximum absolute atomic E-state index is 10.9. The van der Waals surface area contributed by atoms with Crippen molar-refractivity contribution < 1.29 is 9.90 Å². The zero-order valence-electron chi connectivity index (χ0n) is 9.88. The average molecular weight is 237 g/mol. The minimum Gasteiger partial charge on any atom is -0.481 e. The van der Waals surface area contributed by atoms with Gasteiger partial charge >= 0.3 is 5.97 Å². The molecule has 0 radical (unpaired) electrons. The van der Waals surface area contributed by atoms with Crippen LogP contribution in [0.5, 0.6) is 0 Å². The highest BCUT2D eigenvalue weighted by molar-refractivity contribution is 5.70. The van der Waals surface area contributed by atoms with Gasteiger partial charge in [-0.1, -0.05) is 6.42 Å². The number of carboxylic acids is 1. The third kappa shape index (κ3) is 3.56. The van der Waals surface area contributed by atoms with E-state index in [1.807, 2.05) is 16.9 Å². The van der Waals surface area contributed by atoms with Crippen molar-refractivity contribution in [1.82, 2.24) is 15.1 Å². The minimum absolute atomic E-state index is 0.161. The Labute approximate surface area is 101 Å². The van der Waals surface area contributed by atoms with E-state index in [2.05, 4.69) is 10.4 Å². The molecule has 5 nitrogen and oxygen atoms in total. The third-order valence-electron chi connectivity index (χ3n) is 3.36. The van der Waals surface area contributed by atoms with E-state index in [1.165, 1.54) is 0 Å². The van der Waals surface area contributed by atoms with Crippen molar-refractivity contribution in [3.63, 3.8) is 0 Å². The maximum atomic E-state index is 10.9. The standard InChI is InChI=1S/C12H19N3O2/c16-12(17)10-3-1-4-11(9-10)13-6-8-15-7-2-5-14-15/h2,5,7,10-11,13H,1,3-4,6,8-9H2,(H,16,17). The molecule has 1 saturated carbocycles. The van der Waals surface area contributed by atoms with Gasteiger partial charge in [0.2, 0.25) is 0 Å². The first-order chi connectivity index (χ1) is 8.25. The molecule has 1 aliphatic carbocycles. The Morgan fingerprint density at radius 1 is 1.53 bits per heavy atom. The van der Waals surface area contributed by atoms with Gasteiger partial charge in [-0.05, 0) is 25.3 Å². The molecule has 17 heavy (non-hydrogen) atoms. The van der Waals surface area contributed by atoms with E-state index in [4.69, 9.17) is 5.11 Å². The number of aromatic nitrogens is 2. The lowest BCUT2D eigenvalue weighted by Crippen LogP contribution is -2.37. The van der Waals surface area contributed by atoms with Crippen LogP contribution in [0.4, 0.5) is 0 Å². The monoisotopic (exact) mass is 237 g/mol. The highest BCUT2D eigenvalue weighted by Gasteiger charge is 2.26. The van der Waals surface area contributed by atoms with Crippen molar-refractivity contribution >= 4 is 5.97 Å². The second-order valence-corrected chi connectivity index (χ2v) is 4.62. The van der Waals surface area contributed by atoms with Crippen molar-refractivity contribution in [3.8, 4) is 0 Å². The number of hydrogen-bond acceptors (Lipinski definition) is 3. The number of aliphatic carboxylic acids is 1. The first kappa shape index (κ1) is 12.1. The quantitative estimate of drug-likeness (QED) is 0.805. The van der Waals surface area contributed by atoms with Gasteiger partial charge in [0.25, 0.3) is 0 Å². The van der Waals surface area contributed by atoms with Crippen LogP contribution in [0.25, 0.3) is 0 Å². The molecule has 94 valence electrons. The van der Waals surface area contributed by atoms with Crippen LogP contribution in [0.2, 0.25) is 0 Å². The predicted molar refractivity (Wildman–Crippen MR) is 63.6 cm³/mol. The average Bonchev–Trinajstić information content (AvgIpc) is 2.82. The van der Waals surface area contributed by atoms with Crippen LogP contribution in [0.15, 0.2) is 18.5 Å². The molecule has 2 atom stereocenters. The zero-order chi connectivity index (χ0) is 12.1. The highest BCUT2D eigenvalue weighted by atomic mass is 16.4. The molecule has 1 aromatic heterocycles. The normalized spacial score (nSPS) is 24.7. The van der Waals surface area contributed by atoms with Gasteiger partial charge in [0, 0.05) is 25.0 Å². The van der Waals surface area contributed by atoms with Gasteiger partial charge in [0.05, 0.1) is 12.5 Å². The summed E-state index contributed by atoms with van der Waals surface area (Å²) in [5.41, 5.74) is 0. The summed E-state index contributed by atoms with van der Waals surface area (Å²) < 4.78 is 1.88. The van der Waals surface area contributed by atoms with Crippen LogP contribution in [-0.4, -0.2) is 33.4 Å². The van der Waals surface area contributed by atoms with Crippen LogP contribution in [0.3, 0.4) is 0 Å². The fourth-order valence-electron chi connectivity index (χ4n) is 2.42. The number of hydrogen-bond donors (Lipinski definition) is 2. The molecule has 1 heterocycles. The SMILES string of the molecule is O=C(O)C1CCCC(NCCn2cccn2)C1. The molecule has 0 aromatic carbocycles. The van der Waals surface area contributed by atoms with Gasteiger partial charge in [-0.15, -0.1) is 0 Å². The molecule has 1 aromatic rings. The molecule has 0 spiro atoms. The topological polar surface area (TPSA) is 67.2 Å². The molecule has 1 fully saturated rings. The van der Waals surface area contributed by atoms with Crippen molar-refractivity contribution in [2.24, 2.45) is 5.92 Å². The van der Waals surface area contributed by atoms with Crippen LogP contribution in [0.1, 0.15) is 25.7 Å². The Bertz CT molecular complexity index is 351. The summed E-state index contributed by atoms with van der Waals surface area (Å²) in [4.78, 5) is 10.9. The lowest BCUT2D eigenvalue weighted by molar-refractivity contribution is -0.143. The molecule has 0 bridgehead atoms. The van der Waals surface area contributed by atoms with Crippen LogP contribution in [0, 0.1) is 5.92 Å². The first-order valence-corrected chi connectivity index (χ1v) is 6.19. The first-order valence-electron chi connectivity index (χ1n) is 6.19. The van der Waals surface area contributed by atoms with E-state index in [1.54, 1.807) is 6.20 Å². The molecule has 1 aliphatic rings. The van der Waals surface area contributed by atoms with Gasteiger partial charge in [0.1, 0.15) is 0 Å². The fourth-order valence-corrected chi connectivity index (χ4v) is 2.42. The van der Waals surface area contributed by atoms with E-state index < -0.39 is 5.97 Å². The predicted octanol–water partition coefficient (Wildman–Crippen LogP) is 1.12. The zero-order valence-corrected chi connectivity index (χ0v) is 9.88. The molecule has 0 saturated heterocycles. The summed E-state index contributed by atoms with van der Waals surface area (Å²) in [5.74, 6) is -0.811. The van der Waals surface area contributed by atoms with E-state index in [0.29, 0.717) is 6.04 Å². The number of carboxylic acid groups (broad SMARTS) is 1. The Morgan fingerprint density at radius 3 is 3.12 bits per heavy atom. The molecule has 0 amide bonds. The number of nitrogens with zero attached hydrogens (tertiary/aromatic N) is 2. The maximum Gasteiger partial charge on any atom is 0.306 e. The number of carbonyl (C=O) groups is 1. The number of nitrogens with one attached hydrogen (secondary N) is 1. The van der Waals surface area contributed by atoms with E-state index >= 15 is 0 Å². The van der Waals surface area contributed by atoms with Gasteiger partial charge < -0.3 is 10.4 Å². The van der Waals surface area contributed by atoms with E-state index in [0.717, 1.165) is 38.8 Å². The summed E-state index contributed by atoms with van der Waals surface area (Å²) in [7, 11) is 0. The Balaban J connectivity index is 1.70. The Hall–Kier alpha value is -1.36. The highest BCUT2D eigenvalue weighted by Crippen LogP contribution is 2.24. The van der Waals surface area contributed by atoms with Crippen molar-refractivity contribution in [3.05, 3.63) is 18.5 Å². The smallest absolute Gasteiger partial charge is 0.306 e. The van der Waals surface area contributed by atoms with Crippen molar-refractivity contribution in [2.75, 3.05) is 6.54 Å². The second-order valence-electron chi connectivity index (χ2n) is 4.62.